The molecule has 0 aliphatic heterocycles. The number of carbonyl (C=O) groups is 1. The number of amides is 1. The predicted octanol–water partition coefficient (Wildman–Crippen LogP) is 4.67. The van der Waals surface area contributed by atoms with Crippen molar-refractivity contribution in [2.75, 3.05) is 18.1 Å². The van der Waals surface area contributed by atoms with Gasteiger partial charge in [-0.2, -0.15) is 13.2 Å². The van der Waals surface area contributed by atoms with Crippen LogP contribution in [0.1, 0.15) is 10.4 Å². The van der Waals surface area contributed by atoms with Crippen LogP contribution in [0.3, 0.4) is 0 Å². The van der Waals surface area contributed by atoms with Gasteiger partial charge in [0.15, 0.2) is 0 Å². The topological polar surface area (TPSA) is 104 Å². The highest BCUT2D eigenvalue weighted by Gasteiger charge is 2.31. The number of carbonyl (C=O) groups excluding carboxylic acids is 1. The highest BCUT2D eigenvalue weighted by atomic mass is 19.4. The highest BCUT2D eigenvalue weighted by molar-refractivity contribution is 5.96. The molecule has 2 aromatic carbocycles. The molecule has 1 amide bonds. The van der Waals surface area contributed by atoms with Gasteiger partial charge in [0, 0.05) is 35.4 Å². The molecule has 30 heavy (non-hydrogen) atoms. The van der Waals surface area contributed by atoms with Crippen molar-refractivity contribution < 1.29 is 18.0 Å². The van der Waals surface area contributed by atoms with Gasteiger partial charge in [-0.25, -0.2) is 4.98 Å². The monoisotopic (exact) mass is 415 g/mol. The van der Waals surface area contributed by atoms with Gasteiger partial charge >= 0.3 is 6.18 Å². The zero-order valence-corrected chi connectivity index (χ0v) is 16.0. The zero-order chi connectivity index (χ0) is 22.3. The molecule has 0 saturated carbocycles. The van der Waals surface area contributed by atoms with E-state index >= 15 is 0 Å². The fraction of sp³-hybridized carbons (Fsp3) is 0.0952. The number of nitrogen functional groups attached to an aromatic ring is 1. The summed E-state index contributed by atoms with van der Waals surface area (Å²) in [5.74, 6) is 0.559. The summed E-state index contributed by atoms with van der Waals surface area (Å²) in [5, 5.41) is 12.9. The summed E-state index contributed by atoms with van der Waals surface area (Å²) in [6, 6.07) is 16.7. The lowest BCUT2D eigenvalue weighted by Gasteiger charge is -2.09. The van der Waals surface area contributed by atoms with Crippen LogP contribution in [-0.4, -0.2) is 29.8 Å². The van der Waals surface area contributed by atoms with Crippen molar-refractivity contribution in [1.82, 2.24) is 10.3 Å². The van der Waals surface area contributed by atoms with Crippen LogP contribution in [0.2, 0.25) is 0 Å². The van der Waals surface area contributed by atoms with E-state index in [4.69, 9.17) is 11.1 Å². The Morgan fingerprint density at radius 3 is 2.33 bits per heavy atom. The average molecular weight is 415 g/mol. The van der Waals surface area contributed by atoms with E-state index in [9.17, 15) is 18.0 Å². The number of hydrogen-bond donors (Lipinski definition) is 4. The van der Waals surface area contributed by atoms with Gasteiger partial charge in [0.1, 0.15) is 11.5 Å². The molecular formula is C21H20F3N5O. The molecule has 0 aliphatic rings. The molecule has 3 aromatic rings. The third kappa shape index (κ3) is 5.81. The maximum absolute atomic E-state index is 11.5. The van der Waals surface area contributed by atoms with Crippen molar-refractivity contribution in [3.63, 3.8) is 0 Å². The summed E-state index contributed by atoms with van der Waals surface area (Å²) in [4.78, 5) is 16.0. The van der Waals surface area contributed by atoms with E-state index < -0.39 is 11.9 Å². The molecule has 0 bridgehead atoms. The van der Waals surface area contributed by atoms with Crippen LogP contribution >= 0.6 is 0 Å². The van der Waals surface area contributed by atoms with Crippen LogP contribution in [0.4, 0.5) is 30.4 Å². The molecule has 0 aliphatic carbocycles. The number of para-hydroxylation sites is 1. The van der Waals surface area contributed by atoms with Crippen molar-refractivity contribution in [3.05, 3.63) is 72.8 Å². The Hall–Kier alpha value is -3.88. The minimum absolute atomic E-state index is 0.111. The third-order valence-electron chi connectivity index (χ3n) is 3.90. The van der Waals surface area contributed by atoms with Crippen molar-refractivity contribution in [2.45, 2.75) is 6.18 Å². The molecule has 0 spiro atoms. The van der Waals surface area contributed by atoms with E-state index in [0.29, 0.717) is 23.1 Å². The van der Waals surface area contributed by atoms with Crippen LogP contribution in [0.5, 0.6) is 0 Å². The quantitative estimate of drug-likeness (QED) is 0.465. The number of nitrogens with one attached hydrogen (secondary N) is 3. The van der Waals surface area contributed by atoms with E-state index in [2.05, 4.69) is 22.2 Å². The maximum atomic E-state index is 11.5. The Bertz CT molecular complexity index is 1060. The molecule has 1 aromatic heterocycles. The molecule has 3 rings (SSSR count). The number of fused-ring (bicyclic) bond motifs is 1. The number of pyridine rings is 1. The fourth-order valence-corrected chi connectivity index (χ4v) is 2.38. The smallest absolute Gasteiger partial charge is 0.398 e. The first-order valence-electron chi connectivity index (χ1n) is 8.68. The zero-order valence-electron chi connectivity index (χ0n) is 16.0. The number of aromatic nitrogens is 1. The summed E-state index contributed by atoms with van der Waals surface area (Å²) in [6.07, 6.45) is -4.07. The van der Waals surface area contributed by atoms with E-state index in [1.807, 2.05) is 36.4 Å². The number of halogens is 3. The molecule has 0 radical (unpaired) electrons. The number of allylic oxidation sites excluding steroid dienone is 1. The summed E-state index contributed by atoms with van der Waals surface area (Å²) >= 11 is 0. The largest absolute Gasteiger partial charge is 0.432 e. The van der Waals surface area contributed by atoms with E-state index in [0.717, 1.165) is 16.6 Å². The van der Waals surface area contributed by atoms with Crippen LogP contribution in [-0.2, 0) is 0 Å². The van der Waals surface area contributed by atoms with Gasteiger partial charge in [-0.3, -0.25) is 10.2 Å². The Labute approximate surface area is 171 Å². The first-order valence-corrected chi connectivity index (χ1v) is 8.68. The minimum atomic E-state index is -4.53. The lowest BCUT2D eigenvalue weighted by molar-refractivity contribution is -0.0583. The molecular weight excluding hydrogens is 395 g/mol. The van der Waals surface area contributed by atoms with Crippen molar-refractivity contribution in [1.29, 1.82) is 5.41 Å². The van der Waals surface area contributed by atoms with E-state index in [1.54, 1.807) is 25.2 Å². The summed E-state index contributed by atoms with van der Waals surface area (Å²) in [6.45, 7) is 2.78. The fourth-order valence-electron chi connectivity index (χ4n) is 2.38. The predicted molar refractivity (Wildman–Crippen MR) is 113 cm³/mol. The van der Waals surface area contributed by atoms with Crippen LogP contribution < -0.4 is 16.4 Å². The summed E-state index contributed by atoms with van der Waals surface area (Å²) in [5.41, 5.74) is 7.62. The molecule has 0 atom stereocenters. The van der Waals surface area contributed by atoms with E-state index in [-0.39, 0.29) is 5.91 Å². The van der Waals surface area contributed by atoms with Gasteiger partial charge in [-0.15, -0.1) is 0 Å². The van der Waals surface area contributed by atoms with E-state index in [1.165, 1.54) is 0 Å². The van der Waals surface area contributed by atoms with Crippen molar-refractivity contribution in [2.24, 2.45) is 0 Å². The second kappa shape index (κ2) is 9.55. The molecule has 9 heteroatoms. The molecule has 1 heterocycles. The molecule has 156 valence electrons. The second-order valence-corrected chi connectivity index (χ2v) is 6.01. The van der Waals surface area contributed by atoms with Gasteiger partial charge in [0.2, 0.25) is 0 Å². The van der Waals surface area contributed by atoms with Gasteiger partial charge in [0.25, 0.3) is 5.91 Å². The lowest BCUT2D eigenvalue weighted by atomic mass is 10.1. The molecule has 6 nitrogen and oxygen atoms in total. The van der Waals surface area contributed by atoms with Crippen molar-refractivity contribution >= 4 is 39.7 Å². The SMILES string of the molecule is C=CC(=N)C(F)(F)F.CNC(=O)c1ccc(Nc2cc(N)c3ccccc3n2)cc1. The Morgan fingerprint density at radius 1 is 1.17 bits per heavy atom. The minimum Gasteiger partial charge on any atom is -0.398 e. The van der Waals surface area contributed by atoms with Gasteiger partial charge in [-0.05, 0) is 36.4 Å². The van der Waals surface area contributed by atoms with Gasteiger partial charge < -0.3 is 16.4 Å². The Kier molecular flexibility index (Phi) is 7.13. The molecule has 0 unspecified atom stereocenters. The first kappa shape index (κ1) is 22.4. The second-order valence-electron chi connectivity index (χ2n) is 6.01. The molecule has 0 fully saturated rings. The van der Waals surface area contributed by atoms with Crippen LogP contribution in [0.25, 0.3) is 10.9 Å². The standard InChI is InChI=1S/C17H16N4O.C4H4F3N/c1-19-17(22)11-6-8-12(9-7-11)20-16-10-14(18)13-4-2-3-5-15(13)21-16;1-2-3(8)4(5,6)7/h2-10H,1H3,(H,19,22)(H3,18,20,21);2,8H,1H2. The normalized spacial score (nSPS) is 10.5. The van der Waals surface area contributed by atoms with Crippen LogP contribution in [0.15, 0.2) is 67.3 Å². The number of nitrogens with two attached hydrogens (primary N) is 1. The number of anilines is 3. The number of nitrogens with zero attached hydrogens (tertiary/aromatic N) is 1. The summed E-state index contributed by atoms with van der Waals surface area (Å²) in [7, 11) is 1.61. The first-order chi connectivity index (χ1) is 14.2. The Balaban J connectivity index is 0.000000343. The lowest BCUT2D eigenvalue weighted by Crippen LogP contribution is -2.18. The number of alkyl halides is 3. The van der Waals surface area contributed by atoms with Crippen molar-refractivity contribution in [3.8, 4) is 0 Å². The number of benzene rings is 2. The average Bonchev–Trinajstić information content (AvgIpc) is 2.73. The Morgan fingerprint density at radius 2 is 1.80 bits per heavy atom. The number of rotatable bonds is 4. The van der Waals surface area contributed by atoms with Crippen LogP contribution in [0, 0.1) is 5.41 Å². The molecule has 0 saturated heterocycles. The maximum Gasteiger partial charge on any atom is 0.432 e. The molecule has 5 N–H and O–H groups in total. The number of hydrogen-bond acceptors (Lipinski definition) is 5. The van der Waals surface area contributed by atoms with Gasteiger partial charge in [0.05, 0.1) is 5.52 Å². The summed E-state index contributed by atoms with van der Waals surface area (Å²) < 4.78 is 33.5. The highest BCUT2D eigenvalue weighted by Crippen LogP contribution is 2.24. The van der Waals surface area contributed by atoms with Gasteiger partial charge in [-0.1, -0.05) is 24.8 Å². The third-order valence-corrected chi connectivity index (χ3v) is 3.90.